The summed E-state index contributed by atoms with van der Waals surface area (Å²) in [7, 11) is 3.95. The Kier molecular flexibility index (Phi) is 5.07. The van der Waals surface area contributed by atoms with Crippen molar-refractivity contribution in [2.75, 3.05) is 29.6 Å². The molecule has 132 valence electrons. The van der Waals surface area contributed by atoms with E-state index in [0.29, 0.717) is 5.82 Å². The van der Waals surface area contributed by atoms with Crippen LogP contribution in [-0.4, -0.2) is 30.2 Å². The van der Waals surface area contributed by atoms with Crippen molar-refractivity contribution in [3.8, 4) is 0 Å². The highest BCUT2D eigenvalue weighted by molar-refractivity contribution is 6.03. The number of hydrogen-bond acceptors (Lipinski definition) is 5. The minimum Gasteiger partial charge on any atom is -0.378 e. The Hall–Kier alpha value is -3.48. The average molecular weight is 351 g/mol. The molecule has 0 aliphatic rings. The minimum atomic E-state index is -0.469. The van der Waals surface area contributed by atoms with E-state index in [4.69, 9.17) is 0 Å². The first-order valence-corrected chi connectivity index (χ1v) is 7.96. The summed E-state index contributed by atoms with van der Waals surface area (Å²) in [5.74, 6) is -0.0820. The van der Waals surface area contributed by atoms with Crippen molar-refractivity contribution >= 4 is 28.9 Å². The summed E-state index contributed by atoms with van der Waals surface area (Å²) in [6, 6.07) is 16.6. The van der Waals surface area contributed by atoms with E-state index in [9.17, 15) is 9.18 Å². The van der Waals surface area contributed by atoms with Crippen LogP contribution in [0, 0.1) is 5.82 Å². The molecule has 2 aromatic carbocycles. The molecule has 0 atom stereocenters. The van der Waals surface area contributed by atoms with E-state index in [1.807, 2.05) is 43.3 Å². The van der Waals surface area contributed by atoms with Gasteiger partial charge in [-0.3, -0.25) is 4.79 Å². The molecular formula is C19H18FN5O. The standard InChI is InChI=1S/C19H18FN5O/c1-25(2)16-8-6-15(7-9-16)21-17-10-11-18(24-23-17)22-19(26)13-4-3-5-14(20)12-13/h3-12H,1-2H3,(H,21,23)(H,22,24,26). The predicted molar refractivity (Wildman–Crippen MR) is 100 cm³/mol. The average Bonchev–Trinajstić information content (AvgIpc) is 2.64. The van der Waals surface area contributed by atoms with Crippen molar-refractivity contribution in [3.63, 3.8) is 0 Å². The number of anilines is 4. The van der Waals surface area contributed by atoms with E-state index in [2.05, 4.69) is 20.8 Å². The number of carbonyl (C=O) groups is 1. The van der Waals surface area contributed by atoms with E-state index in [1.54, 1.807) is 12.1 Å². The molecular weight excluding hydrogens is 333 g/mol. The Morgan fingerprint density at radius 2 is 1.65 bits per heavy atom. The number of aromatic nitrogens is 2. The maximum atomic E-state index is 13.2. The lowest BCUT2D eigenvalue weighted by Crippen LogP contribution is -2.13. The highest BCUT2D eigenvalue weighted by Gasteiger charge is 2.08. The molecule has 0 saturated carbocycles. The van der Waals surface area contributed by atoms with Gasteiger partial charge in [0.25, 0.3) is 5.91 Å². The molecule has 2 N–H and O–H groups in total. The maximum Gasteiger partial charge on any atom is 0.256 e. The van der Waals surface area contributed by atoms with E-state index in [-0.39, 0.29) is 11.4 Å². The van der Waals surface area contributed by atoms with Crippen LogP contribution >= 0.6 is 0 Å². The zero-order valence-electron chi connectivity index (χ0n) is 14.4. The van der Waals surface area contributed by atoms with Gasteiger partial charge in [-0.15, -0.1) is 10.2 Å². The molecule has 0 spiro atoms. The number of halogens is 1. The molecule has 0 aliphatic carbocycles. The molecule has 1 aromatic heterocycles. The summed E-state index contributed by atoms with van der Waals surface area (Å²) in [6.45, 7) is 0. The predicted octanol–water partition coefficient (Wildman–Crippen LogP) is 3.68. The second-order valence-corrected chi connectivity index (χ2v) is 5.83. The van der Waals surface area contributed by atoms with Crippen LogP contribution in [0.15, 0.2) is 60.7 Å². The number of carbonyl (C=O) groups excluding carboxylic acids is 1. The third kappa shape index (κ3) is 4.32. The van der Waals surface area contributed by atoms with Crippen molar-refractivity contribution in [2.45, 2.75) is 0 Å². The number of nitrogens with zero attached hydrogens (tertiary/aromatic N) is 3. The Morgan fingerprint density at radius 1 is 0.962 bits per heavy atom. The monoisotopic (exact) mass is 351 g/mol. The van der Waals surface area contributed by atoms with Crippen molar-refractivity contribution in [3.05, 3.63) is 72.0 Å². The molecule has 0 aliphatic heterocycles. The van der Waals surface area contributed by atoms with Gasteiger partial charge in [-0.25, -0.2) is 4.39 Å². The third-order valence-electron chi connectivity index (χ3n) is 3.65. The topological polar surface area (TPSA) is 70.2 Å². The molecule has 3 aromatic rings. The third-order valence-corrected chi connectivity index (χ3v) is 3.65. The van der Waals surface area contributed by atoms with Gasteiger partial charge in [-0.05, 0) is 54.6 Å². The number of rotatable bonds is 5. The highest BCUT2D eigenvalue weighted by Crippen LogP contribution is 2.19. The summed E-state index contributed by atoms with van der Waals surface area (Å²) >= 11 is 0. The highest BCUT2D eigenvalue weighted by atomic mass is 19.1. The summed E-state index contributed by atoms with van der Waals surface area (Å²) in [5.41, 5.74) is 2.19. The van der Waals surface area contributed by atoms with Gasteiger partial charge in [0.2, 0.25) is 0 Å². The SMILES string of the molecule is CN(C)c1ccc(Nc2ccc(NC(=O)c3cccc(F)c3)nn2)cc1. The summed E-state index contributed by atoms with van der Waals surface area (Å²) in [6.07, 6.45) is 0. The van der Waals surface area contributed by atoms with Crippen LogP contribution in [0.3, 0.4) is 0 Å². The number of amides is 1. The van der Waals surface area contributed by atoms with Crippen molar-refractivity contribution in [1.82, 2.24) is 10.2 Å². The van der Waals surface area contributed by atoms with Gasteiger partial charge in [0, 0.05) is 31.0 Å². The fourth-order valence-electron chi connectivity index (χ4n) is 2.27. The normalized spacial score (nSPS) is 10.3. The van der Waals surface area contributed by atoms with Gasteiger partial charge < -0.3 is 15.5 Å². The largest absolute Gasteiger partial charge is 0.378 e. The van der Waals surface area contributed by atoms with E-state index in [0.717, 1.165) is 17.4 Å². The van der Waals surface area contributed by atoms with Gasteiger partial charge >= 0.3 is 0 Å². The second-order valence-electron chi connectivity index (χ2n) is 5.83. The van der Waals surface area contributed by atoms with Gasteiger partial charge in [0.05, 0.1) is 0 Å². The van der Waals surface area contributed by atoms with Crippen LogP contribution in [0.5, 0.6) is 0 Å². The molecule has 0 saturated heterocycles. The molecule has 1 amide bonds. The lowest BCUT2D eigenvalue weighted by atomic mass is 10.2. The molecule has 0 radical (unpaired) electrons. The fraction of sp³-hybridized carbons (Fsp3) is 0.105. The van der Waals surface area contributed by atoms with Crippen molar-refractivity contribution < 1.29 is 9.18 Å². The lowest BCUT2D eigenvalue weighted by molar-refractivity contribution is 0.102. The van der Waals surface area contributed by atoms with Gasteiger partial charge in [-0.1, -0.05) is 6.07 Å². The van der Waals surface area contributed by atoms with Crippen LogP contribution in [-0.2, 0) is 0 Å². The van der Waals surface area contributed by atoms with Gasteiger partial charge in [0.1, 0.15) is 5.82 Å². The Labute approximate surface area is 150 Å². The molecule has 0 unspecified atom stereocenters. The Bertz CT molecular complexity index is 895. The van der Waals surface area contributed by atoms with E-state index in [1.165, 1.54) is 18.2 Å². The molecule has 0 bridgehead atoms. The zero-order chi connectivity index (χ0) is 18.5. The minimum absolute atomic E-state index is 0.218. The first-order valence-electron chi connectivity index (χ1n) is 7.96. The molecule has 7 heteroatoms. The lowest BCUT2D eigenvalue weighted by Gasteiger charge is -2.13. The van der Waals surface area contributed by atoms with Crippen LogP contribution < -0.4 is 15.5 Å². The molecule has 26 heavy (non-hydrogen) atoms. The van der Waals surface area contributed by atoms with E-state index < -0.39 is 11.7 Å². The maximum absolute atomic E-state index is 13.2. The first-order chi connectivity index (χ1) is 12.5. The summed E-state index contributed by atoms with van der Waals surface area (Å²) < 4.78 is 13.2. The van der Waals surface area contributed by atoms with E-state index >= 15 is 0 Å². The molecule has 0 fully saturated rings. The number of nitrogens with one attached hydrogen (secondary N) is 2. The smallest absolute Gasteiger partial charge is 0.256 e. The first kappa shape index (κ1) is 17.3. The van der Waals surface area contributed by atoms with Crippen LogP contribution in [0.25, 0.3) is 0 Å². The second kappa shape index (κ2) is 7.60. The molecule has 1 heterocycles. The van der Waals surface area contributed by atoms with Gasteiger partial charge in [-0.2, -0.15) is 0 Å². The van der Waals surface area contributed by atoms with Crippen molar-refractivity contribution in [2.24, 2.45) is 0 Å². The number of hydrogen-bond donors (Lipinski definition) is 2. The van der Waals surface area contributed by atoms with Gasteiger partial charge in [0.15, 0.2) is 11.6 Å². The Morgan fingerprint density at radius 3 is 2.27 bits per heavy atom. The summed E-state index contributed by atoms with van der Waals surface area (Å²) in [4.78, 5) is 14.1. The van der Waals surface area contributed by atoms with Crippen molar-refractivity contribution in [1.29, 1.82) is 0 Å². The molecule has 3 rings (SSSR count). The Balaban J connectivity index is 1.64. The van der Waals surface area contributed by atoms with Crippen LogP contribution in [0.4, 0.5) is 27.4 Å². The zero-order valence-corrected chi connectivity index (χ0v) is 14.4. The number of benzene rings is 2. The molecule has 6 nitrogen and oxygen atoms in total. The summed E-state index contributed by atoms with van der Waals surface area (Å²) in [5, 5.41) is 13.7. The van der Waals surface area contributed by atoms with Crippen LogP contribution in [0.2, 0.25) is 0 Å². The quantitative estimate of drug-likeness (QED) is 0.734. The van der Waals surface area contributed by atoms with Crippen LogP contribution in [0.1, 0.15) is 10.4 Å². The fourth-order valence-corrected chi connectivity index (χ4v) is 2.27.